The average molecular weight is 1170 g/mol. The Morgan fingerprint density at radius 1 is 0.322 bits per heavy atom. The average Bonchev–Trinajstić information content (AvgIpc) is 1.03. The molecule has 446 valence electrons. The van der Waals surface area contributed by atoms with Crippen molar-refractivity contribution >= 4 is 110 Å². The van der Waals surface area contributed by atoms with Crippen molar-refractivity contribution in [1.29, 1.82) is 0 Å². The number of benzene rings is 12. The summed E-state index contributed by atoms with van der Waals surface area (Å²) in [6, 6.07) is 80.6. The van der Waals surface area contributed by atoms with Gasteiger partial charge in [-0.25, -0.2) is 0 Å². The Labute approximate surface area is 531 Å². The van der Waals surface area contributed by atoms with Gasteiger partial charge in [-0.05, 0) is 213 Å². The van der Waals surface area contributed by atoms with Crippen LogP contribution in [0.1, 0.15) is 151 Å². The molecule has 0 aliphatic heterocycles. The minimum atomic E-state index is -0.0273. The molecule has 2 aliphatic rings. The van der Waals surface area contributed by atoms with Crippen LogP contribution >= 0.6 is 0 Å². The Bertz CT molecular complexity index is 4860. The van der Waals surface area contributed by atoms with E-state index >= 15 is 0 Å². The molecule has 0 N–H and O–H groups in total. The van der Waals surface area contributed by atoms with Gasteiger partial charge in [0.2, 0.25) is 0 Å². The number of para-hydroxylation sites is 4. The highest BCUT2D eigenvalue weighted by molar-refractivity contribution is 6.30. The molecule has 2 aromatic heterocycles. The van der Waals surface area contributed by atoms with Crippen LogP contribution in [0.2, 0.25) is 0 Å². The fraction of sp³-hybridized carbons (Fsp3) is 0.256. The number of nitrogens with zero attached hydrogens (tertiary/aromatic N) is 4. The van der Waals surface area contributed by atoms with E-state index in [4.69, 9.17) is 0 Å². The van der Waals surface area contributed by atoms with Crippen molar-refractivity contribution in [1.82, 2.24) is 9.13 Å². The Balaban J connectivity index is 1.04. The van der Waals surface area contributed by atoms with Crippen LogP contribution in [0.5, 0.6) is 0 Å². The molecule has 0 fully saturated rings. The van der Waals surface area contributed by atoms with Crippen LogP contribution in [0, 0.1) is 0 Å². The van der Waals surface area contributed by atoms with Crippen molar-refractivity contribution in [2.75, 3.05) is 9.80 Å². The van der Waals surface area contributed by atoms with E-state index in [0.717, 1.165) is 25.7 Å². The fourth-order valence-electron chi connectivity index (χ4n) is 16.2. The minimum absolute atomic E-state index is 0.0273. The van der Waals surface area contributed by atoms with E-state index < -0.39 is 0 Å². The summed E-state index contributed by atoms with van der Waals surface area (Å²) in [4.78, 5) is 5.46. The molecule has 12 aromatic carbocycles. The largest absolute Gasteiger partial charge is 0.307 e. The smallest absolute Gasteiger partial charge is 0.0782 e. The highest BCUT2D eigenvalue weighted by Gasteiger charge is 2.32. The lowest BCUT2D eigenvalue weighted by atomic mass is 9.83. The topological polar surface area (TPSA) is 16.3 Å². The normalized spacial score (nSPS) is 14.0. The number of aryl methyl sites for hydroxylation is 2. The van der Waals surface area contributed by atoms with Crippen LogP contribution in [0.3, 0.4) is 0 Å². The Kier molecular flexibility index (Phi) is 13.3. The number of hydrogen-bond donors (Lipinski definition) is 0. The van der Waals surface area contributed by atoms with Crippen molar-refractivity contribution in [3.63, 3.8) is 0 Å². The third-order valence-corrected chi connectivity index (χ3v) is 20.6. The van der Waals surface area contributed by atoms with Gasteiger partial charge in [0, 0.05) is 55.1 Å². The zero-order chi connectivity index (χ0) is 61.5. The van der Waals surface area contributed by atoms with Crippen LogP contribution in [-0.2, 0) is 36.5 Å². The second kappa shape index (κ2) is 21.3. The Morgan fingerprint density at radius 3 is 1.11 bits per heavy atom. The van der Waals surface area contributed by atoms with Crippen LogP contribution in [0.4, 0.5) is 34.1 Å². The van der Waals surface area contributed by atoms with Gasteiger partial charge in [0.1, 0.15) is 0 Å². The quantitative estimate of drug-likeness (QED) is 0.127. The SMILES string of the molecule is CC(C)c1cc(N(c2cccc3c2CCCC3)c2cccc3c4ccccc4n(-c4cccc(C(C)(C)C)c4)c23)c2ccc3c(C(C)C)cc(N(c4cccc5c4CCCC5)c4cccc5c6ccccc6n(-c6cccc(C(C)(C)C)c6)c45)c4ccc1c2c34. The third kappa shape index (κ3) is 8.82. The van der Waals surface area contributed by atoms with Gasteiger partial charge in [-0.1, -0.05) is 203 Å². The molecule has 0 unspecified atom stereocenters. The zero-order valence-electron chi connectivity index (χ0n) is 54.2. The molecule has 0 radical (unpaired) electrons. The molecule has 0 saturated heterocycles. The van der Waals surface area contributed by atoms with E-state index in [1.54, 1.807) is 0 Å². The summed E-state index contributed by atoms with van der Waals surface area (Å²) < 4.78 is 5.16. The van der Waals surface area contributed by atoms with Crippen molar-refractivity contribution < 1.29 is 0 Å². The van der Waals surface area contributed by atoms with Crippen LogP contribution < -0.4 is 9.80 Å². The van der Waals surface area contributed by atoms with E-state index in [1.807, 2.05) is 0 Å². The van der Waals surface area contributed by atoms with Crippen molar-refractivity contribution in [2.45, 2.75) is 143 Å². The number of anilines is 6. The molecular weight excluding hydrogens is 1090 g/mol. The summed E-state index contributed by atoms with van der Waals surface area (Å²) in [6.07, 6.45) is 9.06. The second-order valence-electron chi connectivity index (χ2n) is 28.9. The molecular formula is C86H82N4. The Hall–Kier alpha value is -9.12. The molecule has 2 aliphatic carbocycles. The summed E-state index contributed by atoms with van der Waals surface area (Å²) in [5.74, 6) is 0.463. The van der Waals surface area contributed by atoms with Crippen molar-refractivity contribution in [3.8, 4) is 11.4 Å². The number of hydrogen-bond acceptors (Lipinski definition) is 2. The van der Waals surface area contributed by atoms with Gasteiger partial charge in [0.25, 0.3) is 0 Å². The second-order valence-corrected chi connectivity index (χ2v) is 28.9. The lowest BCUT2D eigenvalue weighted by molar-refractivity contribution is 0.589. The predicted molar refractivity (Wildman–Crippen MR) is 387 cm³/mol. The maximum absolute atomic E-state index is 2.73. The van der Waals surface area contributed by atoms with Crippen molar-refractivity contribution in [3.05, 3.63) is 251 Å². The van der Waals surface area contributed by atoms with Gasteiger partial charge < -0.3 is 18.9 Å². The maximum Gasteiger partial charge on any atom is 0.0782 e. The van der Waals surface area contributed by atoms with Gasteiger partial charge in [-0.2, -0.15) is 0 Å². The van der Waals surface area contributed by atoms with Crippen molar-refractivity contribution in [2.24, 2.45) is 0 Å². The lowest BCUT2D eigenvalue weighted by Crippen LogP contribution is -2.18. The van der Waals surface area contributed by atoms with Crippen LogP contribution in [0.15, 0.2) is 206 Å². The molecule has 4 heteroatoms. The maximum atomic E-state index is 2.73. The molecule has 2 heterocycles. The van der Waals surface area contributed by atoms with Gasteiger partial charge in [0.15, 0.2) is 0 Å². The summed E-state index contributed by atoms with van der Waals surface area (Å²) in [6.45, 7) is 23.6. The monoisotopic (exact) mass is 1170 g/mol. The molecule has 0 bridgehead atoms. The first kappa shape index (κ1) is 56.1. The summed E-state index contributed by atoms with van der Waals surface area (Å²) in [5.41, 5.74) is 25.8. The van der Waals surface area contributed by atoms with Crippen LogP contribution in [0.25, 0.3) is 87.3 Å². The minimum Gasteiger partial charge on any atom is -0.307 e. The van der Waals surface area contributed by atoms with E-state index in [9.17, 15) is 0 Å². The number of fused-ring (bicyclic) bond motifs is 8. The van der Waals surface area contributed by atoms with E-state index in [0.29, 0.717) is 0 Å². The fourth-order valence-corrected chi connectivity index (χ4v) is 16.2. The summed E-state index contributed by atoms with van der Waals surface area (Å²) in [5, 5.41) is 12.9. The molecule has 90 heavy (non-hydrogen) atoms. The number of aromatic nitrogens is 2. The van der Waals surface area contributed by atoms with Gasteiger partial charge in [0.05, 0.1) is 44.8 Å². The van der Waals surface area contributed by atoms with E-state index in [-0.39, 0.29) is 22.7 Å². The first-order valence-electron chi connectivity index (χ1n) is 33.5. The van der Waals surface area contributed by atoms with Gasteiger partial charge in [-0.3, -0.25) is 0 Å². The third-order valence-electron chi connectivity index (χ3n) is 20.6. The number of rotatable bonds is 10. The first-order chi connectivity index (χ1) is 43.6. The van der Waals surface area contributed by atoms with Crippen LogP contribution in [-0.4, -0.2) is 9.13 Å². The molecule has 0 spiro atoms. The van der Waals surface area contributed by atoms with E-state index in [2.05, 4.69) is 294 Å². The summed E-state index contributed by atoms with van der Waals surface area (Å²) >= 11 is 0. The highest BCUT2D eigenvalue weighted by Crippen LogP contribution is 2.55. The Morgan fingerprint density at radius 2 is 0.689 bits per heavy atom. The first-order valence-corrected chi connectivity index (χ1v) is 33.5. The van der Waals surface area contributed by atoms with Gasteiger partial charge in [-0.15, -0.1) is 0 Å². The highest BCUT2D eigenvalue weighted by atomic mass is 15.2. The lowest BCUT2D eigenvalue weighted by Gasteiger charge is -2.34. The predicted octanol–water partition coefficient (Wildman–Crippen LogP) is 24.3. The van der Waals surface area contributed by atoms with Gasteiger partial charge >= 0.3 is 0 Å². The molecule has 4 nitrogen and oxygen atoms in total. The molecule has 0 saturated carbocycles. The molecule has 0 amide bonds. The molecule has 0 atom stereocenters. The standard InChI is InChI=1S/C86H82N4/c1-53(2)71-51-79(89(73-41-19-27-55-25-11-13-33-61(55)73)77-43-23-37-67-63-35-15-17-39-75(63)87(83(67)77)59-31-21-29-57(49-59)85(5,6)7)69-48-46-66-72(54(3)4)52-80(70-47-45-65(71)81(69)82(66)70)90(74-42-20-28-56-26-12-14-34-62(56)74)78-44-24-38-68-64-36-16-18-40-76(64)88(84(68)78)60-32-22-30-58(50-60)86(8,9)10/h15-24,27-32,35-54H,11-14,25-26,33-34H2,1-10H3. The summed E-state index contributed by atoms with van der Waals surface area (Å²) in [7, 11) is 0. The van der Waals surface area contributed by atoms with E-state index in [1.165, 1.54) is 192 Å². The molecule has 16 rings (SSSR count). The molecule has 14 aromatic rings. The zero-order valence-corrected chi connectivity index (χ0v) is 54.2.